The van der Waals surface area contributed by atoms with Crippen LogP contribution in [0.2, 0.25) is 0 Å². The van der Waals surface area contributed by atoms with Crippen LogP contribution in [0.25, 0.3) is 0 Å². The maximum absolute atomic E-state index is 13.2. The number of carbonyl (C=O) groups excluding carboxylic acids is 1. The zero-order valence-corrected chi connectivity index (χ0v) is 17.5. The van der Waals surface area contributed by atoms with Gasteiger partial charge in [0.1, 0.15) is 17.3 Å². The molecule has 1 aromatic carbocycles. The summed E-state index contributed by atoms with van der Waals surface area (Å²) < 4.78 is 0. The van der Waals surface area contributed by atoms with Gasteiger partial charge in [-0.3, -0.25) is 9.78 Å². The first-order valence-electron chi connectivity index (χ1n) is 9.82. The monoisotopic (exact) mass is 389 g/mol. The van der Waals surface area contributed by atoms with Crippen LogP contribution in [0, 0.1) is 13.8 Å². The van der Waals surface area contributed by atoms with Gasteiger partial charge in [-0.05, 0) is 62.6 Å². The highest BCUT2D eigenvalue weighted by molar-refractivity contribution is 6.05. The van der Waals surface area contributed by atoms with E-state index in [1.165, 1.54) is 5.56 Å². The predicted octanol–water partition coefficient (Wildman–Crippen LogP) is 3.83. The molecular formula is C23H27N5O. The fourth-order valence-electron chi connectivity index (χ4n) is 3.20. The Bertz CT molecular complexity index is 974. The third kappa shape index (κ3) is 5.16. The summed E-state index contributed by atoms with van der Waals surface area (Å²) in [5.41, 5.74) is 3.61. The van der Waals surface area contributed by atoms with Gasteiger partial charge in [-0.1, -0.05) is 12.1 Å². The summed E-state index contributed by atoms with van der Waals surface area (Å²) in [6, 6.07) is 13.7. The molecule has 0 spiro atoms. The molecule has 0 saturated heterocycles. The number of amides is 1. The van der Waals surface area contributed by atoms with Gasteiger partial charge in [-0.25, -0.2) is 9.97 Å². The number of hydrogen-bond acceptors (Lipinski definition) is 5. The topological polar surface area (TPSA) is 62.2 Å². The van der Waals surface area contributed by atoms with Gasteiger partial charge in [0, 0.05) is 44.3 Å². The fraction of sp³-hybridized carbons (Fsp3) is 0.304. The van der Waals surface area contributed by atoms with E-state index in [1.807, 2.05) is 64.2 Å². The van der Waals surface area contributed by atoms with Gasteiger partial charge in [0.05, 0.1) is 0 Å². The summed E-state index contributed by atoms with van der Waals surface area (Å²) in [5, 5.41) is 0. The molecule has 0 atom stereocenters. The van der Waals surface area contributed by atoms with E-state index in [2.05, 4.69) is 19.9 Å². The lowest BCUT2D eigenvalue weighted by molar-refractivity contribution is 0.0983. The molecule has 0 aliphatic carbocycles. The normalized spacial score (nSPS) is 10.6. The fourth-order valence-corrected chi connectivity index (χ4v) is 3.20. The Morgan fingerprint density at radius 1 is 1.03 bits per heavy atom. The standard InChI is InChI=1S/C23H27N5O/c1-5-28(20-8-6-7-17(2)15-20)23(29)21-16-22(26-18(3)25-21)27(4)14-11-19-9-12-24-13-10-19/h6-10,12-13,15-16H,5,11,14H2,1-4H3. The molecule has 0 saturated carbocycles. The summed E-state index contributed by atoms with van der Waals surface area (Å²) in [4.78, 5) is 30.0. The maximum atomic E-state index is 13.2. The number of anilines is 2. The number of hydrogen-bond donors (Lipinski definition) is 0. The number of carbonyl (C=O) groups is 1. The Balaban J connectivity index is 1.81. The number of aromatic nitrogens is 3. The molecular weight excluding hydrogens is 362 g/mol. The molecule has 0 aliphatic heterocycles. The number of pyridine rings is 1. The summed E-state index contributed by atoms with van der Waals surface area (Å²) in [7, 11) is 1.98. The van der Waals surface area contributed by atoms with Crippen LogP contribution in [0.3, 0.4) is 0 Å². The van der Waals surface area contributed by atoms with Crippen molar-refractivity contribution in [2.24, 2.45) is 0 Å². The van der Waals surface area contributed by atoms with E-state index < -0.39 is 0 Å². The van der Waals surface area contributed by atoms with Crippen LogP contribution < -0.4 is 9.80 Å². The second-order valence-electron chi connectivity index (χ2n) is 7.07. The number of nitrogens with zero attached hydrogens (tertiary/aromatic N) is 5. The van der Waals surface area contributed by atoms with E-state index >= 15 is 0 Å². The van der Waals surface area contributed by atoms with Crippen molar-refractivity contribution in [3.05, 3.63) is 77.5 Å². The average Bonchev–Trinajstić information content (AvgIpc) is 2.73. The molecule has 0 aliphatic rings. The van der Waals surface area contributed by atoms with Crippen molar-refractivity contribution in [3.8, 4) is 0 Å². The minimum absolute atomic E-state index is 0.118. The van der Waals surface area contributed by atoms with Gasteiger partial charge in [0.25, 0.3) is 5.91 Å². The van der Waals surface area contributed by atoms with Gasteiger partial charge < -0.3 is 9.80 Å². The summed E-state index contributed by atoms with van der Waals surface area (Å²) in [6.07, 6.45) is 4.47. The van der Waals surface area contributed by atoms with Gasteiger partial charge in [0.2, 0.25) is 0 Å². The first kappa shape index (κ1) is 20.5. The largest absolute Gasteiger partial charge is 0.359 e. The van der Waals surface area contributed by atoms with Crippen LogP contribution in [0.15, 0.2) is 54.9 Å². The lowest BCUT2D eigenvalue weighted by Crippen LogP contribution is -2.32. The Morgan fingerprint density at radius 2 is 1.79 bits per heavy atom. The second-order valence-corrected chi connectivity index (χ2v) is 7.07. The zero-order chi connectivity index (χ0) is 20.8. The Hall–Kier alpha value is -3.28. The van der Waals surface area contributed by atoms with Crippen LogP contribution in [0.4, 0.5) is 11.5 Å². The van der Waals surface area contributed by atoms with Crippen molar-refractivity contribution >= 4 is 17.4 Å². The molecule has 29 heavy (non-hydrogen) atoms. The summed E-state index contributed by atoms with van der Waals surface area (Å²) in [5.74, 6) is 1.21. The van der Waals surface area contributed by atoms with E-state index in [9.17, 15) is 4.79 Å². The lowest BCUT2D eigenvalue weighted by atomic mass is 10.2. The maximum Gasteiger partial charge on any atom is 0.277 e. The van der Waals surface area contributed by atoms with E-state index in [4.69, 9.17) is 0 Å². The highest BCUT2D eigenvalue weighted by Gasteiger charge is 2.20. The molecule has 2 aromatic heterocycles. The highest BCUT2D eigenvalue weighted by Crippen LogP contribution is 2.20. The van der Waals surface area contributed by atoms with Gasteiger partial charge in [-0.15, -0.1) is 0 Å². The minimum Gasteiger partial charge on any atom is -0.359 e. The van der Waals surface area contributed by atoms with Crippen LogP contribution in [-0.2, 0) is 6.42 Å². The van der Waals surface area contributed by atoms with Crippen molar-refractivity contribution in [2.45, 2.75) is 27.2 Å². The predicted molar refractivity (Wildman–Crippen MR) is 117 cm³/mol. The van der Waals surface area contributed by atoms with Crippen molar-refractivity contribution in [2.75, 3.05) is 29.9 Å². The van der Waals surface area contributed by atoms with Gasteiger partial charge >= 0.3 is 0 Å². The first-order valence-corrected chi connectivity index (χ1v) is 9.82. The second kappa shape index (κ2) is 9.28. The number of rotatable bonds is 7. The van der Waals surface area contributed by atoms with Crippen LogP contribution in [-0.4, -0.2) is 41.0 Å². The molecule has 1 amide bonds. The number of benzene rings is 1. The minimum atomic E-state index is -0.118. The molecule has 2 heterocycles. The molecule has 0 N–H and O–H groups in total. The van der Waals surface area contributed by atoms with Gasteiger partial charge in [-0.2, -0.15) is 0 Å². The van der Waals surface area contributed by atoms with Crippen molar-refractivity contribution in [1.29, 1.82) is 0 Å². The summed E-state index contributed by atoms with van der Waals surface area (Å²) >= 11 is 0. The highest BCUT2D eigenvalue weighted by atomic mass is 16.2. The van der Waals surface area contributed by atoms with Crippen molar-refractivity contribution < 1.29 is 4.79 Å². The SMILES string of the molecule is CCN(C(=O)c1cc(N(C)CCc2ccncc2)nc(C)n1)c1cccc(C)c1. The third-order valence-corrected chi connectivity index (χ3v) is 4.79. The van der Waals surface area contributed by atoms with Crippen LogP contribution in [0.5, 0.6) is 0 Å². The lowest BCUT2D eigenvalue weighted by Gasteiger charge is -2.23. The molecule has 0 radical (unpaired) electrons. The molecule has 6 nitrogen and oxygen atoms in total. The zero-order valence-electron chi connectivity index (χ0n) is 17.5. The number of aryl methyl sites for hydroxylation is 2. The summed E-state index contributed by atoms with van der Waals surface area (Å²) in [6.45, 7) is 7.16. The molecule has 150 valence electrons. The molecule has 0 fully saturated rings. The molecule has 0 bridgehead atoms. The van der Waals surface area contributed by atoms with E-state index in [1.54, 1.807) is 23.4 Å². The quantitative estimate of drug-likeness (QED) is 0.614. The number of likely N-dealkylation sites (N-methyl/N-ethyl adjacent to an activating group) is 1. The van der Waals surface area contributed by atoms with E-state index in [0.29, 0.717) is 18.1 Å². The van der Waals surface area contributed by atoms with Crippen molar-refractivity contribution in [1.82, 2.24) is 15.0 Å². The average molecular weight is 390 g/mol. The van der Waals surface area contributed by atoms with Crippen LogP contribution in [0.1, 0.15) is 34.4 Å². The van der Waals surface area contributed by atoms with E-state index in [0.717, 1.165) is 30.0 Å². The molecule has 0 unspecified atom stereocenters. The Labute approximate surface area is 172 Å². The molecule has 3 aromatic rings. The molecule has 6 heteroatoms. The molecule has 3 rings (SSSR count). The Kier molecular flexibility index (Phi) is 6.54. The van der Waals surface area contributed by atoms with E-state index in [-0.39, 0.29) is 5.91 Å². The third-order valence-electron chi connectivity index (χ3n) is 4.79. The first-order chi connectivity index (χ1) is 14.0. The smallest absolute Gasteiger partial charge is 0.277 e. The Morgan fingerprint density at radius 3 is 2.48 bits per heavy atom. The van der Waals surface area contributed by atoms with Crippen molar-refractivity contribution in [3.63, 3.8) is 0 Å². The van der Waals surface area contributed by atoms with Gasteiger partial charge in [0.15, 0.2) is 0 Å². The van der Waals surface area contributed by atoms with Crippen LogP contribution >= 0.6 is 0 Å².